The lowest BCUT2D eigenvalue weighted by Gasteiger charge is -2.37. The Morgan fingerprint density at radius 1 is 0.837 bits per heavy atom. The summed E-state index contributed by atoms with van der Waals surface area (Å²) < 4.78 is 5.48. The number of aromatic hydroxyl groups is 1. The molecule has 2 unspecified atom stereocenters. The van der Waals surface area contributed by atoms with Crippen molar-refractivity contribution >= 4 is 34.4 Å². The van der Waals surface area contributed by atoms with Crippen LogP contribution in [0, 0.1) is 0 Å². The number of ether oxygens (including phenoxy) is 1. The summed E-state index contributed by atoms with van der Waals surface area (Å²) in [4.78, 5) is 42.9. The third kappa shape index (κ3) is 8.35. The molecule has 3 amide bonds. The van der Waals surface area contributed by atoms with Crippen molar-refractivity contribution in [1.29, 1.82) is 0 Å². The molecule has 224 valence electrons. The van der Waals surface area contributed by atoms with E-state index in [1.54, 1.807) is 32.9 Å². The highest BCUT2D eigenvalue weighted by Crippen LogP contribution is 2.28. The van der Waals surface area contributed by atoms with Crippen LogP contribution < -0.4 is 10.6 Å². The molecule has 4 rings (SSSR count). The SMILES string of the molecule is CC(C)N(C(=O)C(Cc1ccc(O)cc1)NC(=O)OC(C)(C)C)C(C(=O)Nc1ccc2ccccc2c1)c1ccccc1. The Morgan fingerprint density at radius 3 is 2.09 bits per heavy atom. The lowest BCUT2D eigenvalue weighted by atomic mass is 9.98. The van der Waals surface area contributed by atoms with Gasteiger partial charge in [0, 0.05) is 18.2 Å². The zero-order chi connectivity index (χ0) is 31.1. The number of hydrogen-bond donors (Lipinski definition) is 3. The van der Waals surface area contributed by atoms with Crippen LogP contribution in [0.4, 0.5) is 10.5 Å². The van der Waals surface area contributed by atoms with Gasteiger partial charge in [-0.3, -0.25) is 9.59 Å². The predicted octanol–water partition coefficient (Wildman–Crippen LogP) is 6.60. The number of carbonyl (C=O) groups excluding carboxylic acids is 3. The fourth-order valence-corrected chi connectivity index (χ4v) is 4.93. The number of fused-ring (bicyclic) bond motifs is 1. The van der Waals surface area contributed by atoms with Gasteiger partial charge in [0.25, 0.3) is 5.91 Å². The molecule has 3 N–H and O–H groups in total. The van der Waals surface area contributed by atoms with Gasteiger partial charge >= 0.3 is 6.09 Å². The molecule has 8 heteroatoms. The Morgan fingerprint density at radius 2 is 1.47 bits per heavy atom. The number of rotatable bonds is 9. The van der Waals surface area contributed by atoms with Crippen LogP contribution >= 0.6 is 0 Å². The largest absolute Gasteiger partial charge is 0.508 e. The Bertz CT molecular complexity index is 1560. The smallest absolute Gasteiger partial charge is 0.408 e. The van der Waals surface area contributed by atoms with Crippen molar-refractivity contribution in [3.8, 4) is 5.75 Å². The van der Waals surface area contributed by atoms with Gasteiger partial charge in [-0.25, -0.2) is 4.79 Å². The fourth-order valence-electron chi connectivity index (χ4n) is 4.93. The fraction of sp³-hybridized carbons (Fsp3) is 0.286. The van der Waals surface area contributed by atoms with Gasteiger partial charge < -0.3 is 25.4 Å². The van der Waals surface area contributed by atoms with Crippen LogP contribution in [0.3, 0.4) is 0 Å². The maximum Gasteiger partial charge on any atom is 0.408 e. The zero-order valence-corrected chi connectivity index (χ0v) is 25.2. The zero-order valence-electron chi connectivity index (χ0n) is 25.2. The first-order chi connectivity index (χ1) is 20.4. The number of amides is 3. The summed E-state index contributed by atoms with van der Waals surface area (Å²) in [5.74, 6) is -0.745. The van der Waals surface area contributed by atoms with Crippen molar-refractivity contribution < 1.29 is 24.2 Å². The van der Waals surface area contributed by atoms with Gasteiger partial charge in [-0.2, -0.15) is 0 Å². The van der Waals surface area contributed by atoms with Gasteiger partial charge in [-0.15, -0.1) is 0 Å². The second-order valence-electron chi connectivity index (χ2n) is 11.8. The lowest BCUT2D eigenvalue weighted by molar-refractivity contribution is -0.142. The minimum absolute atomic E-state index is 0.0880. The highest BCUT2D eigenvalue weighted by molar-refractivity contribution is 6.00. The highest BCUT2D eigenvalue weighted by atomic mass is 16.6. The molecule has 0 aliphatic heterocycles. The van der Waals surface area contributed by atoms with Gasteiger partial charge in [0.2, 0.25) is 5.91 Å². The van der Waals surface area contributed by atoms with Crippen molar-refractivity contribution in [2.45, 2.75) is 64.8 Å². The molecule has 0 aliphatic carbocycles. The number of benzene rings is 4. The van der Waals surface area contributed by atoms with E-state index in [0.717, 1.165) is 10.8 Å². The third-order valence-electron chi connectivity index (χ3n) is 6.83. The normalized spacial score (nSPS) is 12.8. The molecule has 0 heterocycles. The van der Waals surface area contributed by atoms with E-state index in [1.165, 1.54) is 17.0 Å². The summed E-state index contributed by atoms with van der Waals surface area (Å²) in [6.45, 7) is 8.90. The first kappa shape index (κ1) is 31.1. The van der Waals surface area contributed by atoms with Crippen LogP contribution in [0.25, 0.3) is 10.8 Å². The average Bonchev–Trinajstić information content (AvgIpc) is 2.95. The van der Waals surface area contributed by atoms with E-state index in [2.05, 4.69) is 10.6 Å². The molecule has 0 aromatic heterocycles. The number of nitrogens with one attached hydrogen (secondary N) is 2. The molecule has 4 aromatic rings. The average molecular weight is 582 g/mol. The van der Waals surface area contributed by atoms with Crippen LogP contribution in [-0.2, 0) is 20.7 Å². The first-order valence-electron chi connectivity index (χ1n) is 14.4. The Balaban J connectivity index is 1.71. The summed E-state index contributed by atoms with van der Waals surface area (Å²) in [5.41, 5.74) is 1.17. The minimum atomic E-state index is -1.05. The van der Waals surface area contributed by atoms with Crippen molar-refractivity contribution in [2.24, 2.45) is 0 Å². The van der Waals surface area contributed by atoms with Crippen LogP contribution in [-0.4, -0.2) is 45.6 Å². The number of alkyl carbamates (subject to hydrolysis) is 1. The number of anilines is 1. The first-order valence-corrected chi connectivity index (χ1v) is 14.4. The van der Waals surface area contributed by atoms with E-state index in [1.807, 2.05) is 86.6 Å². The van der Waals surface area contributed by atoms with Gasteiger partial charge in [0.1, 0.15) is 23.4 Å². The van der Waals surface area contributed by atoms with Crippen LogP contribution in [0.2, 0.25) is 0 Å². The van der Waals surface area contributed by atoms with E-state index >= 15 is 0 Å². The minimum Gasteiger partial charge on any atom is -0.508 e. The molecular weight excluding hydrogens is 542 g/mol. The van der Waals surface area contributed by atoms with Crippen LogP contribution in [0.1, 0.15) is 51.8 Å². The van der Waals surface area contributed by atoms with Crippen LogP contribution in [0.5, 0.6) is 5.75 Å². The van der Waals surface area contributed by atoms with Crippen molar-refractivity contribution in [3.63, 3.8) is 0 Å². The number of carbonyl (C=O) groups is 3. The van der Waals surface area contributed by atoms with E-state index < -0.39 is 35.7 Å². The molecule has 2 atom stereocenters. The lowest BCUT2D eigenvalue weighted by Crippen LogP contribution is -2.55. The standard InChI is InChI=1S/C35H39N3O5/c1-23(2)38(33(41)30(37-34(42)43-35(3,4)5)21-24-15-19-29(39)20-16-24)31(26-12-7-6-8-13-26)32(40)36-28-18-17-25-11-9-10-14-27(25)22-28/h6-20,22-23,30-31,39H,21H2,1-5H3,(H,36,40)(H,37,42). The van der Waals surface area contributed by atoms with Gasteiger partial charge in [-0.05, 0) is 80.8 Å². The molecule has 8 nitrogen and oxygen atoms in total. The Labute approximate surface area is 252 Å². The summed E-state index contributed by atoms with van der Waals surface area (Å²) >= 11 is 0. The molecule has 0 saturated heterocycles. The van der Waals surface area contributed by atoms with E-state index in [4.69, 9.17) is 4.74 Å². The summed E-state index contributed by atoms with van der Waals surface area (Å²) in [6, 6.07) is 26.6. The quantitative estimate of drug-likeness (QED) is 0.206. The van der Waals surface area contributed by atoms with Crippen molar-refractivity contribution in [3.05, 3.63) is 108 Å². The van der Waals surface area contributed by atoms with Crippen molar-refractivity contribution in [1.82, 2.24) is 10.2 Å². The second kappa shape index (κ2) is 13.4. The second-order valence-corrected chi connectivity index (χ2v) is 11.8. The summed E-state index contributed by atoms with van der Waals surface area (Å²) in [5, 5.41) is 17.5. The highest BCUT2D eigenvalue weighted by Gasteiger charge is 2.38. The number of phenolic OH excluding ortho intramolecular Hbond substituents is 1. The molecular formula is C35H39N3O5. The van der Waals surface area contributed by atoms with Gasteiger partial charge in [0.05, 0.1) is 0 Å². The van der Waals surface area contributed by atoms with E-state index in [0.29, 0.717) is 16.8 Å². The van der Waals surface area contributed by atoms with Gasteiger partial charge in [-0.1, -0.05) is 72.8 Å². The van der Waals surface area contributed by atoms with Crippen molar-refractivity contribution in [2.75, 3.05) is 5.32 Å². The summed E-state index contributed by atoms with van der Waals surface area (Å²) in [6.07, 6.45) is -0.625. The molecule has 0 bridgehead atoms. The maximum atomic E-state index is 14.4. The molecule has 0 aliphatic rings. The van der Waals surface area contributed by atoms with Gasteiger partial charge in [0.15, 0.2) is 0 Å². The molecule has 0 spiro atoms. The molecule has 0 fully saturated rings. The van der Waals surface area contributed by atoms with Crippen LogP contribution in [0.15, 0.2) is 97.1 Å². The maximum absolute atomic E-state index is 14.4. The Hall–Kier alpha value is -4.85. The monoisotopic (exact) mass is 581 g/mol. The number of phenols is 1. The number of nitrogens with zero attached hydrogens (tertiary/aromatic N) is 1. The summed E-state index contributed by atoms with van der Waals surface area (Å²) in [7, 11) is 0. The van der Waals surface area contributed by atoms with E-state index in [-0.39, 0.29) is 18.1 Å². The molecule has 4 aromatic carbocycles. The molecule has 43 heavy (non-hydrogen) atoms. The topological polar surface area (TPSA) is 108 Å². The Kier molecular flexibility index (Phi) is 9.70. The van der Waals surface area contributed by atoms with E-state index in [9.17, 15) is 19.5 Å². The molecule has 0 radical (unpaired) electrons. The molecule has 0 saturated carbocycles. The number of hydrogen-bond acceptors (Lipinski definition) is 5. The predicted molar refractivity (Wildman–Crippen MR) is 169 cm³/mol. The third-order valence-corrected chi connectivity index (χ3v) is 6.83.